The average Bonchev–Trinajstić information content (AvgIpc) is 2.66. The largest absolute Gasteiger partial charge is 0.494 e. The first-order chi connectivity index (χ1) is 14.2. The highest BCUT2D eigenvalue weighted by atomic mass is 35.5. The number of hydrogen-bond donors (Lipinski definition) is 0. The monoisotopic (exact) mass is 438 g/mol. The van der Waals surface area contributed by atoms with Crippen LogP contribution in [0.3, 0.4) is 0 Å². The number of amides is 1. The molecular formula is C21H18ClF3N2O3. The zero-order chi connectivity index (χ0) is 22.1. The highest BCUT2D eigenvalue weighted by Crippen LogP contribution is 2.38. The second-order valence-corrected chi connectivity index (χ2v) is 7.33. The van der Waals surface area contributed by atoms with Crippen LogP contribution in [0.15, 0.2) is 36.4 Å². The van der Waals surface area contributed by atoms with E-state index in [2.05, 4.69) is 0 Å². The molecule has 1 atom stereocenters. The van der Waals surface area contributed by atoms with Crippen molar-refractivity contribution in [1.29, 1.82) is 5.26 Å². The predicted molar refractivity (Wildman–Crippen MR) is 104 cm³/mol. The number of halogens is 4. The topological polar surface area (TPSA) is 62.6 Å². The Labute approximate surface area is 176 Å². The van der Waals surface area contributed by atoms with Gasteiger partial charge in [-0.3, -0.25) is 4.79 Å². The van der Waals surface area contributed by atoms with E-state index in [0.29, 0.717) is 18.1 Å². The van der Waals surface area contributed by atoms with Gasteiger partial charge in [-0.05, 0) is 36.8 Å². The molecule has 2 aromatic carbocycles. The maximum atomic E-state index is 13.1. The van der Waals surface area contributed by atoms with Gasteiger partial charge in [0.2, 0.25) is 0 Å². The second kappa shape index (κ2) is 8.44. The normalized spacial score (nSPS) is 15.2. The highest BCUT2D eigenvalue weighted by molar-refractivity contribution is 6.30. The van der Waals surface area contributed by atoms with Crippen molar-refractivity contribution in [2.24, 2.45) is 0 Å². The lowest BCUT2D eigenvalue weighted by molar-refractivity contribution is -0.189. The molecule has 1 aliphatic rings. The summed E-state index contributed by atoms with van der Waals surface area (Å²) in [7, 11) is 1.25. The maximum Gasteiger partial charge on any atom is 0.425 e. The first kappa shape index (κ1) is 21.8. The summed E-state index contributed by atoms with van der Waals surface area (Å²) in [6, 6.07) is 11.6. The first-order valence-electron chi connectivity index (χ1n) is 9.05. The van der Waals surface area contributed by atoms with Crippen LogP contribution in [0.5, 0.6) is 11.5 Å². The first-order valence-corrected chi connectivity index (χ1v) is 9.42. The molecule has 1 fully saturated rings. The number of nitriles is 1. The number of carbonyl (C=O) groups excluding carboxylic acids is 1. The predicted octanol–water partition coefficient (Wildman–Crippen LogP) is 4.79. The summed E-state index contributed by atoms with van der Waals surface area (Å²) in [5, 5.41) is 9.90. The molecule has 0 aliphatic carbocycles. The van der Waals surface area contributed by atoms with E-state index in [1.54, 1.807) is 12.1 Å². The third-order valence-corrected chi connectivity index (χ3v) is 5.18. The minimum atomic E-state index is -4.61. The molecule has 0 unspecified atom stereocenters. The number of methoxy groups -OCH3 is 1. The molecule has 30 heavy (non-hydrogen) atoms. The Morgan fingerprint density at radius 3 is 2.40 bits per heavy atom. The number of carbonyl (C=O) groups is 1. The Bertz CT molecular complexity index is 981. The number of rotatable bonds is 5. The fraction of sp³-hybridized carbons (Fsp3) is 0.333. The Morgan fingerprint density at radius 2 is 1.87 bits per heavy atom. The maximum absolute atomic E-state index is 13.1. The Morgan fingerprint density at radius 1 is 1.23 bits per heavy atom. The van der Waals surface area contributed by atoms with Crippen LogP contribution in [-0.4, -0.2) is 43.3 Å². The van der Waals surface area contributed by atoms with Gasteiger partial charge in [0.1, 0.15) is 17.4 Å². The summed E-state index contributed by atoms with van der Waals surface area (Å²) >= 11 is 5.89. The van der Waals surface area contributed by atoms with Crippen molar-refractivity contribution in [2.45, 2.75) is 25.1 Å². The van der Waals surface area contributed by atoms with Crippen LogP contribution >= 0.6 is 11.6 Å². The van der Waals surface area contributed by atoms with Gasteiger partial charge in [-0.25, -0.2) is 0 Å². The van der Waals surface area contributed by atoms with Crippen LogP contribution in [0.4, 0.5) is 13.2 Å². The molecule has 0 N–H and O–H groups in total. The van der Waals surface area contributed by atoms with Gasteiger partial charge in [0.05, 0.1) is 12.7 Å². The van der Waals surface area contributed by atoms with E-state index in [4.69, 9.17) is 21.1 Å². The van der Waals surface area contributed by atoms with Crippen LogP contribution in [0.1, 0.15) is 34.3 Å². The van der Waals surface area contributed by atoms with Gasteiger partial charge >= 0.3 is 6.18 Å². The minimum Gasteiger partial charge on any atom is -0.494 e. The van der Waals surface area contributed by atoms with E-state index in [0.717, 1.165) is 12.5 Å². The van der Waals surface area contributed by atoms with Gasteiger partial charge in [0.15, 0.2) is 11.9 Å². The molecular weight excluding hydrogens is 421 g/mol. The molecule has 5 nitrogen and oxygen atoms in total. The molecule has 9 heteroatoms. The van der Waals surface area contributed by atoms with Crippen molar-refractivity contribution < 1.29 is 27.4 Å². The lowest BCUT2D eigenvalue weighted by Gasteiger charge is -2.40. The molecule has 1 aliphatic heterocycles. The van der Waals surface area contributed by atoms with Crippen LogP contribution in [-0.2, 0) is 0 Å². The molecule has 2 aromatic rings. The van der Waals surface area contributed by atoms with Gasteiger partial charge in [-0.2, -0.15) is 18.4 Å². The van der Waals surface area contributed by atoms with Gasteiger partial charge in [-0.15, -0.1) is 0 Å². The van der Waals surface area contributed by atoms with Crippen molar-refractivity contribution >= 4 is 17.5 Å². The lowest BCUT2D eigenvalue weighted by Crippen LogP contribution is -2.48. The third kappa shape index (κ3) is 4.31. The number of likely N-dealkylation sites (tertiary alicyclic amines) is 1. The second-order valence-electron chi connectivity index (χ2n) is 6.89. The lowest BCUT2D eigenvalue weighted by atomic mass is 9.90. The summed E-state index contributed by atoms with van der Waals surface area (Å²) in [6.45, 7) is 1.59. The van der Waals surface area contributed by atoms with Gasteiger partial charge < -0.3 is 14.4 Å². The van der Waals surface area contributed by atoms with E-state index in [1.807, 2.05) is 18.2 Å². The van der Waals surface area contributed by atoms with E-state index in [9.17, 15) is 23.2 Å². The fourth-order valence-corrected chi connectivity index (χ4v) is 3.30. The Balaban J connectivity index is 1.88. The Kier molecular flexibility index (Phi) is 6.13. The SMILES string of the molecule is COc1c(C#N)ccc(O[C@@H](C)C(F)(F)F)c1C(=O)N1CC(c2ccc(Cl)cc2)C1. The number of hydrogen-bond acceptors (Lipinski definition) is 4. The summed E-state index contributed by atoms with van der Waals surface area (Å²) < 4.78 is 49.2. The molecule has 1 amide bonds. The number of alkyl halides is 3. The van der Waals surface area contributed by atoms with Crippen molar-refractivity contribution in [3.63, 3.8) is 0 Å². The Hall–Kier alpha value is -2.92. The van der Waals surface area contributed by atoms with Crippen LogP contribution in [0.25, 0.3) is 0 Å². The molecule has 1 heterocycles. The van der Waals surface area contributed by atoms with Crippen LogP contribution in [0, 0.1) is 11.3 Å². The minimum absolute atomic E-state index is 0.0302. The molecule has 158 valence electrons. The van der Waals surface area contributed by atoms with Gasteiger partial charge in [-0.1, -0.05) is 23.7 Å². The van der Waals surface area contributed by atoms with E-state index in [-0.39, 0.29) is 28.5 Å². The van der Waals surface area contributed by atoms with Crippen molar-refractivity contribution in [1.82, 2.24) is 4.90 Å². The summed E-state index contributed by atoms with van der Waals surface area (Å²) in [5.74, 6) is -0.867. The molecule has 0 aromatic heterocycles. The van der Waals surface area contributed by atoms with E-state index >= 15 is 0 Å². The van der Waals surface area contributed by atoms with Crippen molar-refractivity contribution in [3.05, 3.63) is 58.1 Å². The van der Waals surface area contributed by atoms with Crippen LogP contribution in [0.2, 0.25) is 5.02 Å². The molecule has 3 rings (SSSR count). The zero-order valence-corrected chi connectivity index (χ0v) is 16.9. The fourth-order valence-electron chi connectivity index (χ4n) is 3.17. The smallest absolute Gasteiger partial charge is 0.425 e. The van der Waals surface area contributed by atoms with Gasteiger partial charge in [0.25, 0.3) is 5.91 Å². The third-order valence-electron chi connectivity index (χ3n) is 4.93. The van der Waals surface area contributed by atoms with Crippen LogP contribution < -0.4 is 9.47 Å². The summed E-state index contributed by atoms with van der Waals surface area (Å²) in [5.41, 5.74) is 0.841. The number of nitrogens with zero attached hydrogens (tertiary/aromatic N) is 2. The van der Waals surface area contributed by atoms with E-state index < -0.39 is 18.2 Å². The zero-order valence-electron chi connectivity index (χ0n) is 16.2. The molecule has 0 spiro atoms. The average molecular weight is 439 g/mol. The molecule has 1 saturated heterocycles. The van der Waals surface area contributed by atoms with Gasteiger partial charge in [0, 0.05) is 24.0 Å². The molecule has 0 saturated carbocycles. The van der Waals surface area contributed by atoms with Crippen molar-refractivity contribution in [2.75, 3.05) is 20.2 Å². The number of ether oxygens (including phenoxy) is 2. The van der Waals surface area contributed by atoms with Crippen molar-refractivity contribution in [3.8, 4) is 17.6 Å². The van der Waals surface area contributed by atoms with E-state index in [1.165, 1.54) is 24.1 Å². The molecule has 0 bridgehead atoms. The standard InChI is InChI=1S/C21H18ClF3N2O3/c1-12(21(23,24)25)30-17-8-5-14(9-26)19(29-2)18(17)20(28)27-10-15(11-27)13-3-6-16(22)7-4-13/h3-8,12,15H,10-11H2,1-2H3/t12-/m0/s1. The quantitative estimate of drug-likeness (QED) is 0.673. The molecule has 0 radical (unpaired) electrons. The number of benzene rings is 2. The summed E-state index contributed by atoms with van der Waals surface area (Å²) in [4.78, 5) is 14.6. The summed E-state index contributed by atoms with van der Waals surface area (Å²) in [6.07, 6.45) is -6.75. The highest BCUT2D eigenvalue weighted by Gasteiger charge is 2.40.